The topological polar surface area (TPSA) is 57.5 Å². The Morgan fingerprint density at radius 1 is 0.968 bits per heavy atom. The van der Waals surface area contributed by atoms with Gasteiger partial charge in [-0.25, -0.2) is 4.98 Å². The highest BCUT2D eigenvalue weighted by atomic mass is 35.5. The van der Waals surface area contributed by atoms with Crippen molar-refractivity contribution in [2.24, 2.45) is 7.05 Å². The third-order valence-electron chi connectivity index (χ3n) is 5.59. The molecular weight excluding hydrogens is 414 g/mol. The molecule has 0 atom stereocenters. The number of fused-ring (bicyclic) bond motifs is 1. The Bertz CT molecular complexity index is 972. The van der Waals surface area contributed by atoms with E-state index in [0.717, 1.165) is 17.2 Å². The Hall–Kier alpha value is -2.60. The van der Waals surface area contributed by atoms with Gasteiger partial charge in [0, 0.05) is 19.2 Å². The fourth-order valence-corrected chi connectivity index (χ4v) is 4.13. The molecule has 3 aromatic rings. The molecule has 0 saturated heterocycles. The molecule has 0 spiro atoms. The smallest absolute Gasteiger partial charge is 0.208 e. The predicted octanol–water partition coefficient (Wildman–Crippen LogP) is 6.45. The van der Waals surface area contributed by atoms with Crippen molar-refractivity contribution in [2.75, 3.05) is 26.6 Å². The van der Waals surface area contributed by atoms with Gasteiger partial charge in [-0.05, 0) is 30.4 Å². The first-order valence-electron chi connectivity index (χ1n) is 10.6. The van der Waals surface area contributed by atoms with Crippen LogP contribution in [0.25, 0.3) is 11.0 Å². The molecule has 0 bridgehead atoms. The Balaban J connectivity index is 0.00000341. The van der Waals surface area contributed by atoms with E-state index >= 15 is 0 Å². The van der Waals surface area contributed by atoms with E-state index < -0.39 is 0 Å². The van der Waals surface area contributed by atoms with Crippen molar-refractivity contribution in [2.45, 2.75) is 45.4 Å². The lowest BCUT2D eigenvalue weighted by molar-refractivity contribution is 0.378. The number of imidazole rings is 1. The molecule has 6 nitrogen and oxygen atoms in total. The van der Waals surface area contributed by atoms with Crippen molar-refractivity contribution < 1.29 is 14.2 Å². The molecule has 170 valence electrons. The molecule has 0 amide bonds. The number of ether oxygens (including phenoxy) is 3. The maximum atomic E-state index is 5.58. The lowest BCUT2D eigenvalue weighted by atomic mass is 9.89. The zero-order valence-corrected chi connectivity index (χ0v) is 20.1. The lowest BCUT2D eigenvalue weighted by Crippen LogP contribution is -2.05. The van der Waals surface area contributed by atoms with Crippen LogP contribution in [0.5, 0.6) is 17.2 Å². The van der Waals surface area contributed by atoms with Crippen molar-refractivity contribution in [1.29, 1.82) is 0 Å². The van der Waals surface area contributed by atoms with Crippen LogP contribution < -0.4 is 19.5 Å². The van der Waals surface area contributed by atoms with Gasteiger partial charge in [0.25, 0.3) is 0 Å². The van der Waals surface area contributed by atoms with Crippen molar-refractivity contribution in [3.8, 4) is 17.2 Å². The number of para-hydroxylation sites is 1. The number of hydrogen-bond donors (Lipinski definition) is 1. The van der Waals surface area contributed by atoms with Crippen LogP contribution in [0.1, 0.15) is 51.0 Å². The summed E-state index contributed by atoms with van der Waals surface area (Å²) < 4.78 is 18.7. The van der Waals surface area contributed by atoms with Crippen LogP contribution in [0, 0.1) is 0 Å². The van der Waals surface area contributed by atoms with E-state index in [-0.39, 0.29) is 12.4 Å². The number of anilines is 2. The molecule has 7 heteroatoms. The second kappa shape index (κ2) is 11.1. The fraction of sp³-hybridized carbons (Fsp3) is 0.458. The minimum absolute atomic E-state index is 0. The minimum atomic E-state index is 0. The van der Waals surface area contributed by atoms with Crippen LogP contribution in [-0.4, -0.2) is 30.9 Å². The average Bonchev–Trinajstić information content (AvgIpc) is 3.09. The summed E-state index contributed by atoms with van der Waals surface area (Å²) in [6.07, 6.45) is 4.70. The fourth-order valence-electron chi connectivity index (χ4n) is 4.13. The van der Waals surface area contributed by atoms with Crippen LogP contribution in [0.4, 0.5) is 11.6 Å². The number of benzene rings is 2. The molecule has 0 aliphatic carbocycles. The van der Waals surface area contributed by atoms with Gasteiger partial charge in [-0.15, -0.1) is 12.4 Å². The van der Waals surface area contributed by atoms with E-state index in [1.165, 1.54) is 36.8 Å². The lowest BCUT2D eigenvalue weighted by Gasteiger charge is -2.18. The quantitative estimate of drug-likeness (QED) is 0.387. The third-order valence-corrected chi connectivity index (χ3v) is 5.59. The summed E-state index contributed by atoms with van der Waals surface area (Å²) in [5, 5.41) is 3.43. The standard InChI is InChI=1S/C24H33N3O3.ClH/c1-7-10-16(11-8-2)18-12-9-13-19-23(18)27(3)24(25-19)26-22-20(29-5)14-17(28-4)15-21(22)30-6;/h9,12-16H,7-8,10-11H2,1-6H3,(H,25,26);1H. The van der Waals surface area contributed by atoms with E-state index in [4.69, 9.17) is 19.2 Å². The summed E-state index contributed by atoms with van der Waals surface area (Å²) in [4.78, 5) is 4.87. The highest BCUT2D eigenvalue weighted by Crippen LogP contribution is 2.41. The molecule has 1 N–H and O–H groups in total. The van der Waals surface area contributed by atoms with E-state index in [1.807, 2.05) is 12.1 Å². The number of rotatable bonds is 10. The Morgan fingerprint density at radius 2 is 1.58 bits per heavy atom. The van der Waals surface area contributed by atoms with Gasteiger partial charge in [0.05, 0.1) is 32.4 Å². The maximum absolute atomic E-state index is 5.58. The number of hydrogen-bond acceptors (Lipinski definition) is 5. The first kappa shape index (κ1) is 24.7. The van der Waals surface area contributed by atoms with E-state index in [1.54, 1.807) is 21.3 Å². The van der Waals surface area contributed by atoms with Crippen molar-refractivity contribution in [3.63, 3.8) is 0 Å². The molecule has 0 unspecified atom stereocenters. The third kappa shape index (κ3) is 5.01. The highest BCUT2D eigenvalue weighted by molar-refractivity contribution is 5.85. The number of methoxy groups -OCH3 is 3. The Kier molecular flexibility index (Phi) is 8.87. The zero-order chi connectivity index (χ0) is 21.7. The summed E-state index contributed by atoms with van der Waals surface area (Å²) in [6.45, 7) is 4.50. The molecule has 0 saturated carbocycles. The summed E-state index contributed by atoms with van der Waals surface area (Å²) in [7, 11) is 6.94. The van der Waals surface area contributed by atoms with Crippen LogP contribution in [0.2, 0.25) is 0 Å². The maximum Gasteiger partial charge on any atom is 0.208 e. The van der Waals surface area contributed by atoms with Gasteiger partial charge in [0.2, 0.25) is 5.95 Å². The molecule has 3 rings (SSSR count). The molecule has 1 aromatic heterocycles. The van der Waals surface area contributed by atoms with Gasteiger partial charge < -0.3 is 24.1 Å². The minimum Gasteiger partial charge on any atom is -0.496 e. The van der Waals surface area contributed by atoms with Gasteiger partial charge >= 0.3 is 0 Å². The molecule has 1 heterocycles. The predicted molar refractivity (Wildman–Crippen MR) is 130 cm³/mol. The molecule has 0 radical (unpaired) electrons. The van der Waals surface area contributed by atoms with Crippen molar-refractivity contribution in [3.05, 3.63) is 35.9 Å². The normalized spacial score (nSPS) is 10.8. The van der Waals surface area contributed by atoms with Crippen LogP contribution in [0.15, 0.2) is 30.3 Å². The SMILES string of the molecule is CCCC(CCC)c1cccc2nc(Nc3c(OC)cc(OC)cc3OC)n(C)c12.Cl. The van der Waals surface area contributed by atoms with Gasteiger partial charge in [-0.3, -0.25) is 0 Å². The monoisotopic (exact) mass is 447 g/mol. The van der Waals surface area contributed by atoms with E-state index in [9.17, 15) is 0 Å². The first-order valence-corrected chi connectivity index (χ1v) is 10.6. The van der Waals surface area contributed by atoms with Gasteiger partial charge in [-0.2, -0.15) is 0 Å². The molecular formula is C24H34ClN3O3. The second-order valence-electron chi connectivity index (χ2n) is 7.52. The summed E-state index contributed by atoms with van der Waals surface area (Å²) in [5.74, 6) is 3.22. The van der Waals surface area contributed by atoms with Crippen molar-refractivity contribution >= 4 is 35.1 Å². The molecule has 31 heavy (non-hydrogen) atoms. The summed E-state index contributed by atoms with van der Waals surface area (Å²) in [5.41, 5.74) is 4.26. The number of halogens is 1. The van der Waals surface area contributed by atoms with Gasteiger partial charge in [-0.1, -0.05) is 38.8 Å². The number of aromatic nitrogens is 2. The molecule has 0 aliphatic rings. The number of aryl methyl sites for hydroxylation is 1. The second-order valence-corrected chi connectivity index (χ2v) is 7.52. The van der Waals surface area contributed by atoms with E-state index in [2.05, 4.69) is 49.0 Å². The molecule has 0 aliphatic heterocycles. The van der Waals surface area contributed by atoms with Crippen LogP contribution >= 0.6 is 12.4 Å². The van der Waals surface area contributed by atoms with E-state index in [0.29, 0.717) is 23.2 Å². The van der Waals surface area contributed by atoms with Gasteiger partial charge in [0.15, 0.2) is 0 Å². The number of nitrogens with one attached hydrogen (secondary N) is 1. The Labute approximate surface area is 191 Å². The Morgan fingerprint density at radius 3 is 2.10 bits per heavy atom. The summed E-state index contributed by atoms with van der Waals surface area (Å²) >= 11 is 0. The van der Waals surface area contributed by atoms with Gasteiger partial charge in [0.1, 0.15) is 22.9 Å². The van der Waals surface area contributed by atoms with Crippen molar-refractivity contribution in [1.82, 2.24) is 9.55 Å². The average molecular weight is 448 g/mol. The first-order chi connectivity index (χ1) is 14.6. The highest BCUT2D eigenvalue weighted by Gasteiger charge is 2.20. The van der Waals surface area contributed by atoms with Crippen LogP contribution in [-0.2, 0) is 7.05 Å². The zero-order valence-electron chi connectivity index (χ0n) is 19.3. The summed E-state index contributed by atoms with van der Waals surface area (Å²) in [6, 6.07) is 10.1. The largest absolute Gasteiger partial charge is 0.496 e. The molecule has 2 aromatic carbocycles. The molecule has 0 fully saturated rings. The number of nitrogens with zero attached hydrogens (tertiary/aromatic N) is 2. The van der Waals surface area contributed by atoms with Crippen LogP contribution in [0.3, 0.4) is 0 Å².